The smallest absolute Gasteiger partial charge is 0.126 e. The van der Waals surface area contributed by atoms with Gasteiger partial charge in [0.1, 0.15) is 12.1 Å². The molecule has 0 aliphatic carbocycles. The Morgan fingerprint density at radius 3 is 2.56 bits per heavy atom. The lowest BCUT2D eigenvalue weighted by Crippen LogP contribution is -1.93. The van der Waals surface area contributed by atoms with Gasteiger partial charge >= 0.3 is 0 Å². The summed E-state index contributed by atoms with van der Waals surface area (Å²) in [5.41, 5.74) is 1.39. The zero-order valence-corrected chi connectivity index (χ0v) is 8.18. The molecule has 1 heterocycles. The third-order valence-electron chi connectivity index (χ3n) is 1.88. The number of anilines is 2. The van der Waals surface area contributed by atoms with Crippen LogP contribution >= 0.6 is 0 Å². The van der Waals surface area contributed by atoms with Gasteiger partial charge < -0.3 is 5.32 Å². The number of rotatable bonds is 2. The van der Waals surface area contributed by atoms with E-state index in [4.69, 9.17) is 5.26 Å². The summed E-state index contributed by atoms with van der Waals surface area (Å²) < 4.78 is 13.1. The van der Waals surface area contributed by atoms with Crippen LogP contribution in [0.2, 0.25) is 0 Å². The normalized spacial score (nSPS) is 9.50. The minimum absolute atomic E-state index is 0.263. The van der Waals surface area contributed by atoms with Crippen molar-refractivity contribution in [2.75, 3.05) is 5.32 Å². The van der Waals surface area contributed by atoms with Gasteiger partial charge in [0.2, 0.25) is 0 Å². The molecule has 0 bridgehead atoms. The second kappa shape index (κ2) is 4.36. The molecule has 0 saturated heterocycles. The fraction of sp³-hybridized carbons (Fsp3) is 0. The lowest BCUT2D eigenvalue weighted by atomic mass is 10.2. The van der Waals surface area contributed by atoms with Crippen LogP contribution in [0.5, 0.6) is 0 Å². The van der Waals surface area contributed by atoms with Crippen LogP contribution in [-0.2, 0) is 0 Å². The van der Waals surface area contributed by atoms with Crippen molar-refractivity contribution in [3.05, 3.63) is 48.3 Å². The van der Waals surface area contributed by atoms with Crippen molar-refractivity contribution in [3.63, 3.8) is 0 Å². The summed E-state index contributed by atoms with van der Waals surface area (Å²) in [6.45, 7) is 0. The maximum Gasteiger partial charge on any atom is 0.126 e. The van der Waals surface area contributed by atoms with E-state index in [1.165, 1.54) is 18.5 Å². The van der Waals surface area contributed by atoms with Gasteiger partial charge in [-0.1, -0.05) is 0 Å². The van der Waals surface area contributed by atoms with Crippen LogP contribution in [-0.4, -0.2) is 9.97 Å². The molecule has 0 aliphatic heterocycles. The predicted molar refractivity (Wildman–Crippen MR) is 56.4 cm³/mol. The summed E-state index contributed by atoms with van der Waals surface area (Å²) in [6.07, 6.45) is 4.52. The van der Waals surface area contributed by atoms with Gasteiger partial charge in [-0.05, 0) is 18.2 Å². The number of nitriles is 1. The zero-order chi connectivity index (χ0) is 11.4. The van der Waals surface area contributed by atoms with Crippen molar-refractivity contribution in [1.29, 1.82) is 5.26 Å². The minimum Gasteiger partial charge on any atom is -0.353 e. The molecule has 2 aromatic rings. The molecule has 0 spiro atoms. The van der Waals surface area contributed by atoms with E-state index in [1.54, 1.807) is 18.5 Å². The van der Waals surface area contributed by atoms with Gasteiger partial charge in [-0.15, -0.1) is 0 Å². The van der Waals surface area contributed by atoms with Gasteiger partial charge in [0.15, 0.2) is 0 Å². The first-order chi connectivity index (χ1) is 7.78. The maximum atomic E-state index is 13.1. The maximum absolute atomic E-state index is 13.1. The molecule has 78 valence electrons. The Kier molecular flexibility index (Phi) is 2.74. The number of nitrogens with one attached hydrogen (secondary N) is 1. The van der Waals surface area contributed by atoms with E-state index in [1.807, 2.05) is 6.07 Å². The van der Waals surface area contributed by atoms with E-state index in [9.17, 15) is 4.39 Å². The van der Waals surface area contributed by atoms with E-state index >= 15 is 0 Å². The average Bonchev–Trinajstić information content (AvgIpc) is 2.29. The SMILES string of the molecule is N#Cc1cc(F)cc(Nc2cncnc2)c1. The molecule has 0 amide bonds. The second-order valence-corrected chi connectivity index (χ2v) is 3.09. The Morgan fingerprint density at radius 1 is 1.12 bits per heavy atom. The molecule has 0 fully saturated rings. The van der Waals surface area contributed by atoms with Gasteiger partial charge in [0.25, 0.3) is 0 Å². The van der Waals surface area contributed by atoms with Gasteiger partial charge in [0.05, 0.1) is 29.7 Å². The summed E-state index contributed by atoms with van der Waals surface area (Å²) in [5, 5.41) is 11.6. The molecule has 2 rings (SSSR count). The topological polar surface area (TPSA) is 61.6 Å². The highest BCUT2D eigenvalue weighted by Crippen LogP contribution is 2.17. The molecular formula is C11H7FN4. The van der Waals surface area contributed by atoms with Crippen LogP contribution in [0.15, 0.2) is 36.9 Å². The number of hydrogen-bond donors (Lipinski definition) is 1. The number of aromatic nitrogens is 2. The van der Waals surface area contributed by atoms with Gasteiger partial charge in [-0.3, -0.25) is 0 Å². The third kappa shape index (κ3) is 2.30. The molecule has 0 aliphatic rings. The molecule has 16 heavy (non-hydrogen) atoms. The predicted octanol–water partition coefficient (Wildman–Crippen LogP) is 2.23. The highest BCUT2D eigenvalue weighted by Gasteiger charge is 2.00. The Bertz CT molecular complexity index is 533. The first-order valence-electron chi connectivity index (χ1n) is 4.50. The highest BCUT2D eigenvalue weighted by atomic mass is 19.1. The molecule has 0 unspecified atom stereocenters. The van der Waals surface area contributed by atoms with Crippen molar-refractivity contribution in [2.45, 2.75) is 0 Å². The van der Waals surface area contributed by atoms with Crippen LogP contribution in [0, 0.1) is 17.1 Å². The number of benzene rings is 1. The standard InChI is InChI=1S/C11H7FN4/c12-9-1-8(4-13)2-10(3-9)16-11-5-14-7-15-6-11/h1-3,5-7,16H. The monoisotopic (exact) mass is 214 g/mol. The van der Waals surface area contributed by atoms with Gasteiger partial charge in [0, 0.05) is 5.69 Å². The molecule has 0 radical (unpaired) electrons. The van der Waals surface area contributed by atoms with Crippen LogP contribution in [0.25, 0.3) is 0 Å². The molecule has 4 nitrogen and oxygen atoms in total. The van der Waals surface area contributed by atoms with Crippen LogP contribution in [0.4, 0.5) is 15.8 Å². The zero-order valence-electron chi connectivity index (χ0n) is 8.18. The fourth-order valence-corrected chi connectivity index (χ4v) is 1.26. The third-order valence-corrected chi connectivity index (χ3v) is 1.88. The Hall–Kier alpha value is -2.48. The number of nitrogens with zero attached hydrogens (tertiary/aromatic N) is 3. The van der Waals surface area contributed by atoms with E-state index in [-0.39, 0.29) is 5.56 Å². The van der Waals surface area contributed by atoms with Gasteiger partial charge in [-0.25, -0.2) is 14.4 Å². The summed E-state index contributed by atoms with van der Waals surface area (Å²) in [4.78, 5) is 7.63. The molecule has 0 atom stereocenters. The summed E-state index contributed by atoms with van der Waals surface area (Å²) in [5.74, 6) is -0.460. The highest BCUT2D eigenvalue weighted by molar-refractivity contribution is 5.59. The Morgan fingerprint density at radius 2 is 1.88 bits per heavy atom. The van der Waals surface area contributed by atoms with Crippen LogP contribution in [0.1, 0.15) is 5.56 Å². The largest absolute Gasteiger partial charge is 0.353 e. The van der Waals surface area contributed by atoms with E-state index < -0.39 is 5.82 Å². The molecule has 5 heteroatoms. The van der Waals surface area contributed by atoms with Crippen molar-refractivity contribution >= 4 is 11.4 Å². The van der Waals surface area contributed by atoms with Crippen molar-refractivity contribution in [2.24, 2.45) is 0 Å². The first kappa shape index (κ1) is 10.1. The van der Waals surface area contributed by atoms with Gasteiger partial charge in [-0.2, -0.15) is 5.26 Å². The van der Waals surface area contributed by atoms with Crippen LogP contribution < -0.4 is 5.32 Å². The number of hydrogen-bond acceptors (Lipinski definition) is 4. The quantitative estimate of drug-likeness (QED) is 0.832. The van der Waals surface area contributed by atoms with E-state index in [0.29, 0.717) is 11.4 Å². The molecule has 1 N–H and O–H groups in total. The second-order valence-electron chi connectivity index (χ2n) is 3.09. The summed E-state index contributed by atoms with van der Waals surface area (Å²) in [7, 11) is 0. The molecule has 1 aromatic carbocycles. The fourth-order valence-electron chi connectivity index (χ4n) is 1.26. The van der Waals surface area contributed by atoms with Crippen molar-refractivity contribution < 1.29 is 4.39 Å². The molecule has 0 saturated carbocycles. The van der Waals surface area contributed by atoms with Crippen molar-refractivity contribution in [3.8, 4) is 6.07 Å². The Balaban J connectivity index is 2.29. The lowest BCUT2D eigenvalue weighted by Gasteiger charge is -2.05. The summed E-state index contributed by atoms with van der Waals surface area (Å²) in [6, 6.07) is 5.91. The lowest BCUT2D eigenvalue weighted by molar-refractivity contribution is 0.628. The Labute approximate surface area is 91.4 Å². The average molecular weight is 214 g/mol. The number of halogens is 1. The van der Waals surface area contributed by atoms with Crippen LogP contribution in [0.3, 0.4) is 0 Å². The molecular weight excluding hydrogens is 207 g/mol. The van der Waals surface area contributed by atoms with E-state index in [2.05, 4.69) is 15.3 Å². The first-order valence-corrected chi connectivity index (χ1v) is 4.50. The molecule has 1 aromatic heterocycles. The van der Waals surface area contributed by atoms with E-state index in [0.717, 1.165) is 0 Å². The minimum atomic E-state index is -0.460. The van der Waals surface area contributed by atoms with Crippen molar-refractivity contribution in [1.82, 2.24) is 9.97 Å². The summed E-state index contributed by atoms with van der Waals surface area (Å²) >= 11 is 0.